The summed E-state index contributed by atoms with van der Waals surface area (Å²) >= 11 is 1.48. The summed E-state index contributed by atoms with van der Waals surface area (Å²) in [5, 5.41) is 0.624. The van der Waals surface area contributed by atoms with E-state index in [1.807, 2.05) is 19.1 Å². The van der Waals surface area contributed by atoms with Gasteiger partial charge in [-0.05, 0) is 49.2 Å². The first-order valence-electron chi connectivity index (χ1n) is 10.4. The number of anilines is 1. The monoisotopic (exact) mass is 443 g/mol. The predicted octanol–water partition coefficient (Wildman–Crippen LogP) is 4.12. The number of hydrogen-bond donors (Lipinski definition) is 0. The summed E-state index contributed by atoms with van der Waals surface area (Å²) in [5.74, 6) is 0.138. The Morgan fingerprint density at radius 3 is 2.68 bits per heavy atom. The van der Waals surface area contributed by atoms with Gasteiger partial charge in [-0.25, -0.2) is 9.37 Å². The number of amides is 1. The third-order valence-corrected chi connectivity index (χ3v) is 6.65. The van der Waals surface area contributed by atoms with Crippen molar-refractivity contribution in [3.8, 4) is 5.75 Å². The van der Waals surface area contributed by atoms with Crippen molar-refractivity contribution in [3.63, 3.8) is 0 Å². The van der Waals surface area contributed by atoms with E-state index in [1.54, 1.807) is 12.0 Å². The van der Waals surface area contributed by atoms with Crippen molar-refractivity contribution in [2.24, 2.45) is 0 Å². The van der Waals surface area contributed by atoms with Crippen LogP contribution in [0.15, 0.2) is 36.4 Å². The standard InChI is InChI=1S/C23H26FN3O3S/c1-16-4-9-19(29-2)20-21(16)31-23(25-20)27(11-3-10-26-12-14-30-15-13-26)22(28)17-5-7-18(24)8-6-17/h4-9H,3,10-15H2,1-2H3. The molecule has 0 bridgehead atoms. The predicted molar refractivity (Wildman–Crippen MR) is 121 cm³/mol. The lowest BCUT2D eigenvalue weighted by molar-refractivity contribution is 0.0376. The van der Waals surface area contributed by atoms with Crippen LogP contribution in [-0.4, -0.2) is 62.3 Å². The summed E-state index contributed by atoms with van der Waals surface area (Å²) in [7, 11) is 1.62. The Labute approximate surface area is 185 Å². The molecular weight excluding hydrogens is 417 g/mol. The topological polar surface area (TPSA) is 54.9 Å². The van der Waals surface area contributed by atoms with Crippen molar-refractivity contribution < 1.29 is 18.7 Å². The number of fused-ring (bicyclic) bond motifs is 1. The Balaban J connectivity index is 1.62. The molecule has 1 saturated heterocycles. The van der Waals surface area contributed by atoms with E-state index in [0.29, 0.717) is 23.0 Å². The van der Waals surface area contributed by atoms with Gasteiger partial charge in [0.2, 0.25) is 0 Å². The number of aryl methyl sites for hydroxylation is 1. The number of aromatic nitrogens is 1. The molecule has 0 saturated carbocycles. The zero-order valence-electron chi connectivity index (χ0n) is 17.8. The van der Waals surface area contributed by atoms with Crippen LogP contribution in [0.2, 0.25) is 0 Å². The van der Waals surface area contributed by atoms with Crippen LogP contribution in [0.1, 0.15) is 22.3 Å². The van der Waals surface area contributed by atoms with Crippen molar-refractivity contribution in [1.82, 2.24) is 9.88 Å². The van der Waals surface area contributed by atoms with Crippen LogP contribution in [0.5, 0.6) is 5.75 Å². The van der Waals surface area contributed by atoms with Gasteiger partial charge in [0.05, 0.1) is 25.0 Å². The summed E-state index contributed by atoms with van der Waals surface area (Å²) < 4.78 is 25.3. The zero-order valence-corrected chi connectivity index (χ0v) is 18.6. The number of carbonyl (C=O) groups is 1. The van der Waals surface area contributed by atoms with Gasteiger partial charge in [-0.3, -0.25) is 14.6 Å². The normalized spacial score (nSPS) is 14.7. The Hall–Kier alpha value is -2.55. The summed E-state index contributed by atoms with van der Waals surface area (Å²) in [4.78, 5) is 22.2. The lowest BCUT2D eigenvalue weighted by Gasteiger charge is -2.27. The number of benzene rings is 2. The number of thiazole rings is 1. The van der Waals surface area contributed by atoms with Crippen LogP contribution >= 0.6 is 11.3 Å². The smallest absolute Gasteiger partial charge is 0.260 e. The maximum Gasteiger partial charge on any atom is 0.260 e. The summed E-state index contributed by atoms with van der Waals surface area (Å²) in [6.07, 6.45) is 0.805. The van der Waals surface area contributed by atoms with E-state index in [9.17, 15) is 9.18 Å². The molecular formula is C23H26FN3O3S. The molecule has 0 atom stereocenters. The Bertz CT molecular complexity index is 1050. The van der Waals surface area contributed by atoms with Gasteiger partial charge in [-0.2, -0.15) is 0 Å². The number of hydrogen-bond acceptors (Lipinski definition) is 6. The molecule has 3 aromatic rings. The van der Waals surface area contributed by atoms with Gasteiger partial charge < -0.3 is 9.47 Å². The van der Waals surface area contributed by atoms with E-state index in [0.717, 1.165) is 55.0 Å². The van der Waals surface area contributed by atoms with E-state index < -0.39 is 0 Å². The zero-order chi connectivity index (χ0) is 21.8. The average Bonchev–Trinajstić information content (AvgIpc) is 3.24. The molecule has 2 aromatic carbocycles. The first-order chi connectivity index (χ1) is 15.1. The highest BCUT2D eigenvalue weighted by Crippen LogP contribution is 2.37. The van der Waals surface area contributed by atoms with Gasteiger partial charge in [0.15, 0.2) is 5.13 Å². The first kappa shape index (κ1) is 21.7. The largest absolute Gasteiger partial charge is 0.494 e. The van der Waals surface area contributed by atoms with Gasteiger partial charge in [-0.15, -0.1) is 0 Å². The summed E-state index contributed by atoms with van der Waals surface area (Å²) in [6.45, 7) is 6.73. The second-order valence-corrected chi connectivity index (χ2v) is 8.51. The number of methoxy groups -OCH3 is 1. The molecule has 0 unspecified atom stereocenters. The van der Waals surface area contributed by atoms with Crippen molar-refractivity contribution in [2.75, 3.05) is 51.4 Å². The quantitative estimate of drug-likeness (QED) is 0.550. The number of rotatable bonds is 7. The third-order valence-electron chi connectivity index (χ3n) is 5.44. The maximum atomic E-state index is 13.4. The minimum atomic E-state index is -0.365. The number of carbonyl (C=O) groups excluding carboxylic acids is 1. The van der Waals surface area contributed by atoms with E-state index in [2.05, 4.69) is 4.90 Å². The second-order valence-electron chi connectivity index (χ2n) is 7.53. The molecule has 6 nitrogen and oxygen atoms in total. The molecule has 4 rings (SSSR count). The molecule has 0 aliphatic carbocycles. The van der Waals surface area contributed by atoms with Crippen molar-refractivity contribution in [3.05, 3.63) is 53.3 Å². The van der Waals surface area contributed by atoms with Crippen LogP contribution in [0, 0.1) is 12.7 Å². The van der Waals surface area contributed by atoms with Gasteiger partial charge in [0, 0.05) is 31.7 Å². The summed E-state index contributed by atoms with van der Waals surface area (Å²) in [6, 6.07) is 9.55. The van der Waals surface area contributed by atoms with Crippen LogP contribution in [0.25, 0.3) is 10.2 Å². The van der Waals surface area contributed by atoms with Crippen LogP contribution < -0.4 is 9.64 Å². The van der Waals surface area contributed by atoms with E-state index in [4.69, 9.17) is 14.5 Å². The minimum Gasteiger partial charge on any atom is -0.494 e. The van der Waals surface area contributed by atoms with Gasteiger partial charge in [0.1, 0.15) is 17.1 Å². The SMILES string of the molecule is COc1ccc(C)c2sc(N(CCCN3CCOCC3)C(=O)c3ccc(F)cc3)nc12. The van der Waals surface area contributed by atoms with Gasteiger partial charge >= 0.3 is 0 Å². The molecule has 0 spiro atoms. The number of ether oxygens (including phenoxy) is 2. The molecule has 8 heteroatoms. The Morgan fingerprint density at radius 2 is 1.97 bits per heavy atom. The molecule has 1 amide bonds. The van der Waals surface area contributed by atoms with Crippen molar-refractivity contribution in [2.45, 2.75) is 13.3 Å². The lowest BCUT2D eigenvalue weighted by Crippen LogP contribution is -2.39. The van der Waals surface area contributed by atoms with Crippen molar-refractivity contribution in [1.29, 1.82) is 0 Å². The Kier molecular flexibility index (Phi) is 6.80. The van der Waals surface area contributed by atoms with Gasteiger partial charge in [0.25, 0.3) is 5.91 Å². The minimum absolute atomic E-state index is 0.183. The second kappa shape index (κ2) is 9.72. The molecule has 1 aliphatic heterocycles. The summed E-state index contributed by atoms with van der Waals surface area (Å²) in [5.41, 5.74) is 2.28. The molecule has 0 N–H and O–H groups in total. The third kappa shape index (κ3) is 4.87. The van der Waals surface area contributed by atoms with E-state index in [-0.39, 0.29) is 11.7 Å². The lowest BCUT2D eigenvalue weighted by atomic mass is 10.2. The van der Waals surface area contributed by atoms with Crippen LogP contribution in [0.3, 0.4) is 0 Å². The maximum absolute atomic E-state index is 13.4. The number of halogens is 1. The molecule has 2 heterocycles. The highest BCUT2D eigenvalue weighted by Gasteiger charge is 2.23. The molecule has 1 aromatic heterocycles. The fourth-order valence-electron chi connectivity index (χ4n) is 3.69. The fourth-order valence-corrected chi connectivity index (χ4v) is 4.76. The van der Waals surface area contributed by atoms with Crippen LogP contribution in [0.4, 0.5) is 9.52 Å². The van der Waals surface area contributed by atoms with E-state index in [1.165, 1.54) is 35.6 Å². The molecule has 31 heavy (non-hydrogen) atoms. The molecule has 1 aliphatic rings. The molecule has 164 valence electrons. The Morgan fingerprint density at radius 1 is 1.23 bits per heavy atom. The van der Waals surface area contributed by atoms with Crippen molar-refractivity contribution >= 4 is 32.6 Å². The molecule has 1 fully saturated rings. The number of nitrogens with zero attached hydrogens (tertiary/aromatic N) is 3. The highest BCUT2D eigenvalue weighted by atomic mass is 32.1. The van der Waals surface area contributed by atoms with Crippen LogP contribution in [-0.2, 0) is 4.74 Å². The fraction of sp³-hybridized carbons (Fsp3) is 0.391. The van der Waals surface area contributed by atoms with Gasteiger partial charge in [-0.1, -0.05) is 17.4 Å². The van der Waals surface area contributed by atoms with E-state index >= 15 is 0 Å². The highest BCUT2D eigenvalue weighted by molar-refractivity contribution is 7.22. The average molecular weight is 444 g/mol. The first-order valence-corrected chi connectivity index (χ1v) is 11.2. The molecule has 0 radical (unpaired) electrons. The number of morpholine rings is 1.